The standard InChI is InChI=1S/C20H13N5O6/c1-11-16-8-12(19(27)17-9-15(25(30)31)6-7-18(17)26)10-21-20(16)23(22-11)13-2-4-14(5-3-13)24(28)29/h2-10,26H,1H3/p-1. The van der Waals surface area contributed by atoms with Gasteiger partial charge in [0.25, 0.3) is 11.4 Å². The molecule has 2 heterocycles. The van der Waals surface area contributed by atoms with Crippen molar-refractivity contribution in [2.45, 2.75) is 6.92 Å². The molecule has 0 aliphatic carbocycles. The van der Waals surface area contributed by atoms with Crippen molar-refractivity contribution >= 4 is 28.2 Å². The highest BCUT2D eigenvalue weighted by Crippen LogP contribution is 2.26. The number of fused-ring (bicyclic) bond motifs is 1. The minimum atomic E-state index is -0.689. The molecule has 0 radical (unpaired) electrons. The van der Waals surface area contributed by atoms with E-state index in [9.17, 15) is 30.1 Å². The van der Waals surface area contributed by atoms with Crippen LogP contribution in [0, 0.1) is 27.2 Å². The van der Waals surface area contributed by atoms with Crippen LogP contribution >= 0.6 is 0 Å². The van der Waals surface area contributed by atoms with Crippen molar-refractivity contribution in [2.24, 2.45) is 0 Å². The molecule has 0 saturated heterocycles. The maximum absolute atomic E-state index is 12.8. The van der Waals surface area contributed by atoms with Crippen molar-refractivity contribution in [3.05, 3.63) is 91.8 Å². The first-order chi connectivity index (χ1) is 14.8. The van der Waals surface area contributed by atoms with Crippen LogP contribution in [0.4, 0.5) is 11.4 Å². The fourth-order valence-corrected chi connectivity index (χ4v) is 3.13. The van der Waals surface area contributed by atoms with E-state index in [0.29, 0.717) is 22.4 Å². The molecule has 0 unspecified atom stereocenters. The molecule has 31 heavy (non-hydrogen) atoms. The number of pyridine rings is 1. The average Bonchev–Trinajstić information content (AvgIpc) is 3.09. The molecule has 0 fully saturated rings. The van der Waals surface area contributed by atoms with E-state index in [-0.39, 0.29) is 22.5 Å². The van der Waals surface area contributed by atoms with Gasteiger partial charge in [-0.2, -0.15) is 5.10 Å². The topological polar surface area (TPSA) is 157 Å². The van der Waals surface area contributed by atoms with Gasteiger partial charge in [0.05, 0.1) is 21.2 Å². The molecular weight excluding hydrogens is 406 g/mol. The lowest BCUT2D eigenvalue weighted by Gasteiger charge is -2.12. The second-order valence-electron chi connectivity index (χ2n) is 6.63. The molecule has 4 rings (SSSR count). The SMILES string of the molecule is Cc1nn(-c2ccc([N+](=O)[O-])cc2)c2ncc(C(=O)c3cc([N+](=O)[O-])ccc3[O-])cc12. The Morgan fingerprint density at radius 3 is 2.26 bits per heavy atom. The van der Waals surface area contributed by atoms with Gasteiger partial charge in [-0.05, 0) is 25.1 Å². The van der Waals surface area contributed by atoms with Crippen LogP contribution in [0.3, 0.4) is 0 Å². The third kappa shape index (κ3) is 3.44. The van der Waals surface area contributed by atoms with Gasteiger partial charge in [0, 0.05) is 47.0 Å². The number of ketones is 1. The van der Waals surface area contributed by atoms with Crippen LogP contribution in [0.25, 0.3) is 16.7 Å². The van der Waals surface area contributed by atoms with Gasteiger partial charge in [-0.3, -0.25) is 25.0 Å². The van der Waals surface area contributed by atoms with Crippen molar-refractivity contribution in [3.63, 3.8) is 0 Å². The molecule has 11 nitrogen and oxygen atoms in total. The van der Waals surface area contributed by atoms with Gasteiger partial charge in [0.1, 0.15) is 0 Å². The number of nitro groups is 2. The molecule has 11 heteroatoms. The first-order valence-electron chi connectivity index (χ1n) is 8.86. The maximum Gasteiger partial charge on any atom is 0.270 e. The normalized spacial score (nSPS) is 10.9. The van der Waals surface area contributed by atoms with Gasteiger partial charge in [-0.15, -0.1) is 0 Å². The lowest BCUT2D eigenvalue weighted by molar-refractivity contribution is -0.385. The summed E-state index contributed by atoms with van der Waals surface area (Å²) in [7, 11) is 0. The number of carbonyl (C=O) groups excluding carboxylic acids is 1. The maximum atomic E-state index is 12.8. The molecule has 0 N–H and O–H groups in total. The molecule has 0 aliphatic heterocycles. The van der Waals surface area contributed by atoms with Gasteiger partial charge in [0.2, 0.25) is 0 Å². The van der Waals surface area contributed by atoms with Crippen LogP contribution in [0.2, 0.25) is 0 Å². The van der Waals surface area contributed by atoms with Crippen molar-refractivity contribution in [1.82, 2.24) is 14.8 Å². The average molecular weight is 418 g/mol. The number of nitro benzene ring substituents is 2. The van der Waals surface area contributed by atoms with E-state index in [1.54, 1.807) is 6.92 Å². The van der Waals surface area contributed by atoms with Crippen molar-refractivity contribution < 1.29 is 19.7 Å². The van der Waals surface area contributed by atoms with Crippen LogP contribution in [-0.4, -0.2) is 30.4 Å². The second-order valence-corrected chi connectivity index (χ2v) is 6.63. The van der Waals surface area contributed by atoms with Gasteiger partial charge in [-0.25, -0.2) is 9.67 Å². The van der Waals surface area contributed by atoms with Crippen LogP contribution in [0.1, 0.15) is 21.6 Å². The van der Waals surface area contributed by atoms with Gasteiger partial charge in [0.15, 0.2) is 11.4 Å². The Kier molecular flexibility index (Phi) is 4.62. The number of non-ortho nitro benzene ring substituents is 2. The van der Waals surface area contributed by atoms with Gasteiger partial charge in [-0.1, -0.05) is 11.8 Å². The van der Waals surface area contributed by atoms with Crippen LogP contribution < -0.4 is 5.11 Å². The first-order valence-corrected chi connectivity index (χ1v) is 8.86. The lowest BCUT2D eigenvalue weighted by atomic mass is 10.0. The summed E-state index contributed by atoms with van der Waals surface area (Å²) in [5.41, 5.74) is 0.812. The Balaban J connectivity index is 1.77. The fourth-order valence-electron chi connectivity index (χ4n) is 3.13. The van der Waals surface area contributed by atoms with Crippen LogP contribution in [-0.2, 0) is 0 Å². The van der Waals surface area contributed by atoms with Gasteiger partial charge < -0.3 is 5.11 Å². The molecule has 0 spiro atoms. The minimum Gasteiger partial charge on any atom is -0.872 e. The largest absolute Gasteiger partial charge is 0.872 e. The van der Waals surface area contributed by atoms with E-state index < -0.39 is 21.4 Å². The number of hydrogen-bond donors (Lipinski definition) is 0. The minimum absolute atomic E-state index is 0.0665. The van der Waals surface area contributed by atoms with E-state index in [0.717, 1.165) is 18.2 Å². The molecule has 154 valence electrons. The Hall–Kier alpha value is -4.67. The summed E-state index contributed by atoms with van der Waals surface area (Å²) in [6, 6.07) is 10.2. The monoisotopic (exact) mass is 418 g/mol. The molecular formula is C20H12N5O6-. The highest BCUT2D eigenvalue weighted by molar-refractivity contribution is 6.12. The van der Waals surface area contributed by atoms with E-state index in [4.69, 9.17) is 0 Å². The highest BCUT2D eigenvalue weighted by atomic mass is 16.6. The Morgan fingerprint density at radius 2 is 1.61 bits per heavy atom. The number of rotatable bonds is 5. The Labute approximate surface area is 173 Å². The summed E-state index contributed by atoms with van der Waals surface area (Å²) in [6.07, 6.45) is 1.26. The number of hydrogen-bond acceptors (Lipinski definition) is 8. The quantitative estimate of drug-likeness (QED) is 0.272. The molecule has 0 aliphatic rings. The fraction of sp³-hybridized carbons (Fsp3) is 0.0500. The Morgan fingerprint density at radius 1 is 0.968 bits per heavy atom. The predicted molar refractivity (Wildman–Crippen MR) is 106 cm³/mol. The van der Waals surface area contributed by atoms with Crippen LogP contribution in [0.15, 0.2) is 54.7 Å². The number of aromatic nitrogens is 3. The zero-order valence-corrected chi connectivity index (χ0v) is 15.9. The summed E-state index contributed by atoms with van der Waals surface area (Å²) in [6.45, 7) is 1.70. The lowest BCUT2D eigenvalue weighted by Crippen LogP contribution is -2.08. The Bertz CT molecular complexity index is 1380. The summed E-state index contributed by atoms with van der Waals surface area (Å²) >= 11 is 0. The number of carbonyl (C=O) groups is 1. The smallest absolute Gasteiger partial charge is 0.270 e. The summed E-state index contributed by atoms with van der Waals surface area (Å²) in [5.74, 6) is -1.32. The molecule has 2 aromatic carbocycles. The van der Waals surface area contributed by atoms with Gasteiger partial charge >= 0.3 is 0 Å². The molecule has 0 amide bonds. The number of aryl methyl sites for hydroxylation is 1. The zero-order valence-electron chi connectivity index (χ0n) is 15.9. The van der Waals surface area contributed by atoms with E-state index >= 15 is 0 Å². The molecule has 0 bridgehead atoms. The van der Waals surface area contributed by atoms with E-state index in [2.05, 4.69) is 10.1 Å². The third-order valence-electron chi connectivity index (χ3n) is 4.69. The van der Waals surface area contributed by atoms with E-state index in [1.807, 2.05) is 0 Å². The van der Waals surface area contributed by atoms with Crippen LogP contribution in [0.5, 0.6) is 5.75 Å². The predicted octanol–water partition coefficient (Wildman–Crippen LogP) is 2.85. The van der Waals surface area contributed by atoms with Crippen molar-refractivity contribution in [1.29, 1.82) is 0 Å². The molecule has 0 atom stereocenters. The van der Waals surface area contributed by atoms with Crippen molar-refractivity contribution in [2.75, 3.05) is 0 Å². The highest BCUT2D eigenvalue weighted by Gasteiger charge is 2.18. The third-order valence-corrected chi connectivity index (χ3v) is 4.69. The van der Waals surface area contributed by atoms with Crippen molar-refractivity contribution in [3.8, 4) is 11.4 Å². The van der Waals surface area contributed by atoms with E-state index in [1.165, 1.54) is 41.2 Å². The number of nitrogens with zero attached hydrogens (tertiary/aromatic N) is 5. The number of benzene rings is 2. The zero-order chi connectivity index (χ0) is 22.3. The summed E-state index contributed by atoms with van der Waals surface area (Å²) in [4.78, 5) is 37.7. The molecule has 0 saturated carbocycles. The summed E-state index contributed by atoms with van der Waals surface area (Å²) < 4.78 is 1.48. The molecule has 2 aromatic heterocycles. The summed E-state index contributed by atoms with van der Waals surface area (Å²) in [5, 5.41) is 38.8. The first kappa shape index (κ1) is 19.6. The molecule has 4 aromatic rings. The second kappa shape index (κ2) is 7.30.